The molecule has 9 heteroatoms. The molecule has 0 saturated carbocycles. The van der Waals surface area contributed by atoms with Gasteiger partial charge in [0.2, 0.25) is 5.13 Å². The maximum atomic E-state index is 5.50. The number of quaternary nitrogens is 1. The van der Waals surface area contributed by atoms with Crippen LogP contribution in [0.4, 0.5) is 5.13 Å². The molecule has 1 unspecified atom stereocenters. The van der Waals surface area contributed by atoms with Gasteiger partial charge in [0.25, 0.3) is 0 Å². The van der Waals surface area contributed by atoms with E-state index < -0.39 is 0 Å². The second-order valence-electron chi connectivity index (χ2n) is 6.40. The number of nitrogens with zero attached hydrogens (tertiary/aromatic N) is 3. The Morgan fingerprint density at radius 1 is 1.33 bits per heavy atom. The SMILES string of the molecule is CCOCCCNc1nn(C[NH+](C)[C@H](C)c2nc3ccccc3s2)c(=S)s1. The number of hydrogen-bond donors (Lipinski definition) is 2. The number of rotatable bonds is 10. The first-order valence-corrected chi connectivity index (χ1v) is 11.2. The number of thiazole rings is 1. The van der Waals surface area contributed by atoms with Crippen LogP contribution in [0.2, 0.25) is 0 Å². The largest absolute Gasteiger partial charge is 0.382 e. The van der Waals surface area contributed by atoms with E-state index in [0.29, 0.717) is 6.67 Å². The van der Waals surface area contributed by atoms with Gasteiger partial charge >= 0.3 is 0 Å². The van der Waals surface area contributed by atoms with Crippen LogP contribution in [-0.4, -0.2) is 41.6 Å². The molecule has 0 amide bonds. The van der Waals surface area contributed by atoms with E-state index in [4.69, 9.17) is 21.9 Å². The summed E-state index contributed by atoms with van der Waals surface area (Å²) in [5, 5.41) is 9.98. The van der Waals surface area contributed by atoms with Gasteiger partial charge < -0.3 is 15.0 Å². The number of nitrogens with one attached hydrogen (secondary N) is 2. The quantitative estimate of drug-likeness (QED) is 0.386. The predicted molar refractivity (Wildman–Crippen MR) is 115 cm³/mol. The van der Waals surface area contributed by atoms with Crippen LogP contribution in [0.15, 0.2) is 24.3 Å². The minimum absolute atomic E-state index is 0.272. The standard InChI is InChI=1S/C18H25N5OS3/c1-4-24-11-7-10-19-17-21-23(18(25)27-17)12-22(3)13(2)16-20-14-8-5-6-9-15(14)26-16/h5-6,8-9,13H,4,7,10-12H2,1-3H3,(H,19,21)/p+1/t13-/m1/s1. The first-order valence-electron chi connectivity index (χ1n) is 9.15. The summed E-state index contributed by atoms with van der Waals surface area (Å²) in [6, 6.07) is 8.55. The molecule has 27 heavy (non-hydrogen) atoms. The van der Waals surface area contributed by atoms with E-state index in [-0.39, 0.29) is 6.04 Å². The lowest BCUT2D eigenvalue weighted by atomic mass is 10.3. The molecule has 0 aliphatic carbocycles. The van der Waals surface area contributed by atoms with Gasteiger partial charge in [-0.2, -0.15) is 4.68 Å². The van der Waals surface area contributed by atoms with Crippen molar-refractivity contribution in [1.29, 1.82) is 0 Å². The van der Waals surface area contributed by atoms with Crippen molar-refractivity contribution in [1.82, 2.24) is 14.8 Å². The summed E-state index contributed by atoms with van der Waals surface area (Å²) in [6.07, 6.45) is 0.958. The van der Waals surface area contributed by atoms with Crippen LogP contribution in [-0.2, 0) is 11.4 Å². The highest BCUT2D eigenvalue weighted by Crippen LogP contribution is 2.24. The molecular weight excluding hydrogens is 398 g/mol. The molecule has 3 aromatic rings. The Labute approximate surface area is 172 Å². The number of para-hydroxylation sites is 1. The summed E-state index contributed by atoms with van der Waals surface area (Å²) in [6.45, 7) is 7.29. The van der Waals surface area contributed by atoms with Crippen LogP contribution in [0.1, 0.15) is 31.3 Å². The third kappa shape index (κ3) is 5.32. The average molecular weight is 425 g/mol. The third-order valence-electron chi connectivity index (χ3n) is 4.37. The molecule has 3 rings (SSSR count). The Hall–Kier alpha value is -1.39. The van der Waals surface area contributed by atoms with Crippen LogP contribution >= 0.6 is 34.9 Å². The van der Waals surface area contributed by atoms with Gasteiger partial charge in [-0.3, -0.25) is 0 Å². The van der Waals surface area contributed by atoms with E-state index in [0.717, 1.165) is 45.8 Å². The topological polar surface area (TPSA) is 56.4 Å². The molecule has 6 nitrogen and oxygen atoms in total. The maximum Gasteiger partial charge on any atom is 0.204 e. The Morgan fingerprint density at radius 2 is 2.15 bits per heavy atom. The van der Waals surface area contributed by atoms with Crippen LogP contribution in [0.25, 0.3) is 10.2 Å². The minimum atomic E-state index is 0.272. The molecule has 0 fully saturated rings. The lowest BCUT2D eigenvalue weighted by Crippen LogP contribution is -3.08. The smallest absolute Gasteiger partial charge is 0.204 e. The van der Waals surface area contributed by atoms with Gasteiger partial charge in [-0.1, -0.05) is 23.5 Å². The highest BCUT2D eigenvalue weighted by Gasteiger charge is 2.20. The van der Waals surface area contributed by atoms with Crippen molar-refractivity contribution in [2.75, 3.05) is 32.1 Å². The molecule has 2 atom stereocenters. The summed E-state index contributed by atoms with van der Waals surface area (Å²) in [7, 11) is 2.16. The summed E-state index contributed by atoms with van der Waals surface area (Å²) in [5.41, 5.74) is 1.07. The molecule has 2 N–H and O–H groups in total. The maximum absolute atomic E-state index is 5.50. The van der Waals surface area contributed by atoms with Crippen molar-refractivity contribution in [2.45, 2.75) is 33.0 Å². The molecule has 0 aliphatic rings. The number of fused-ring (bicyclic) bond motifs is 1. The van der Waals surface area contributed by atoms with Gasteiger partial charge in [-0.05, 0) is 44.6 Å². The van der Waals surface area contributed by atoms with Gasteiger partial charge in [-0.15, -0.1) is 16.4 Å². The fourth-order valence-electron chi connectivity index (χ4n) is 2.65. The number of aromatic nitrogens is 3. The Morgan fingerprint density at radius 3 is 2.93 bits per heavy atom. The van der Waals surface area contributed by atoms with Crippen LogP contribution in [0, 0.1) is 3.95 Å². The summed E-state index contributed by atoms with van der Waals surface area (Å²) >= 11 is 8.78. The van der Waals surface area contributed by atoms with E-state index in [9.17, 15) is 0 Å². The van der Waals surface area contributed by atoms with Crippen LogP contribution in [0.3, 0.4) is 0 Å². The molecular formula is C18H26N5OS3+. The molecule has 146 valence electrons. The van der Waals surface area contributed by atoms with Crippen molar-refractivity contribution < 1.29 is 9.64 Å². The number of hydrogen-bond acceptors (Lipinski definition) is 7. The van der Waals surface area contributed by atoms with Crippen molar-refractivity contribution in [2.24, 2.45) is 0 Å². The lowest BCUT2D eigenvalue weighted by Gasteiger charge is -2.19. The van der Waals surface area contributed by atoms with Gasteiger partial charge in [0.05, 0.1) is 17.3 Å². The van der Waals surface area contributed by atoms with E-state index in [1.807, 2.05) is 17.7 Å². The molecule has 0 bridgehead atoms. The second-order valence-corrected chi connectivity index (χ2v) is 9.08. The fourth-order valence-corrected chi connectivity index (χ4v) is 4.79. The van der Waals surface area contributed by atoms with Crippen molar-refractivity contribution in [3.8, 4) is 0 Å². The van der Waals surface area contributed by atoms with Crippen molar-refractivity contribution in [3.05, 3.63) is 33.2 Å². The fraction of sp³-hybridized carbons (Fsp3) is 0.500. The third-order valence-corrected chi connectivity index (χ3v) is 6.86. The Kier molecular flexibility index (Phi) is 7.31. The zero-order valence-electron chi connectivity index (χ0n) is 15.9. The normalized spacial score (nSPS) is 13.7. The number of anilines is 1. The molecule has 2 aromatic heterocycles. The second kappa shape index (κ2) is 9.70. The molecule has 0 aliphatic heterocycles. The Balaban J connectivity index is 1.59. The van der Waals surface area contributed by atoms with E-state index in [1.54, 1.807) is 11.3 Å². The molecule has 2 heterocycles. The van der Waals surface area contributed by atoms with Gasteiger partial charge in [0.1, 0.15) is 6.04 Å². The van der Waals surface area contributed by atoms with Gasteiger partial charge in [0, 0.05) is 19.8 Å². The zero-order valence-corrected chi connectivity index (χ0v) is 18.3. The highest BCUT2D eigenvalue weighted by molar-refractivity contribution is 7.73. The Bertz CT molecular complexity index is 886. The molecule has 0 saturated heterocycles. The first-order chi connectivity index (χ1) is 13.1. The van der Waals surface area contributed by atoms with E-state index in [2.05, 4.69) is 42.6 Å². The molecule has 1 aromatic carbocycles. The van der Waals surface area contributed by atoms with Gasteiger partial charge in [-0.25, -0.2) is 4.98 Å². The molecule has 0 radical (unpaired) electrons. The van der Waals surface area contributed by atoms with Crippen molar-refractivity contribution in [3.63, 3.8) is 0 Å². The van der Waals surface area contributed by atoms with Crippen LogP contribution < -0.4 is 10.2 Å². The van der Waals surface area contributed by atoms with Crippen LogP contribution in [0.5, 0.6) is 0 Å². The summed E-state index contributed by atoms with van der Waals surface area (Å²) in [5.74, 6) is 0. The summed E-state index contributed by atoms with van der Waals surface area (Å²) in [4.78, 5) is 6.09. The van der Waals surface area contributed by atoms with Gasteiger partial charge in [0.15, 0.2) is 15.6 Å². The molecule has 0 spiro atoms. The lowest BCUT2D eigenvalue weighted by molar-refractivity contribution is -0.933. The number of ether oxygens (including phenoxy) is 1. The van der Waals surface area contributed by atoms with Crippen molar-refractivity contribution >= 4 is 50.2 Å². The summed E-state index contributed by atoms with van der Waals surface area (Å²) < 4.78 is 9.28. The predicted octanol–water partition coefficient (Wildman–Crippen LogP) is 3.36. The zero-order chi connectivity index (χ0) is 19.2. The number of benzene rings is 1. The first kappa shape index (κ1) is 20.3. The monoisotopic (exact) mass is 424 g/mol. The minimum Gasteiger partial charge on any atom is -0.382 e. The highest BCUT2D eigenvalue weighted by atomic mass is 32.1. The van der Waals surface area contributed by atoms with E-state index >= 15 is 0 Å². The van der Waals surface area contributed by atoms with E-state index in [1.165, 1.54) is 20.9 Å². The average Bonchev–Trinajstić information content (AvgIpc) is 3.24.